The highest BCUT2D eigenvalue weighted by Gasteiger charge is 2.35. The van der Waals surface area contributed by atoms with E-state index in [0.717, 1.165) is 12.8 Å². The summed E-state index contributed by atoms with van der Waals surface area (Å²) in [6.07, 6.45) is 2.02. The summed E-state index contributed by atoms with van der Waals surface area (Å²) in [5.74, 6) is -1.65. The quantitative estimate of drug-likeness (QED) is 0.836. The molecule has 28 heavy (non-hydrogen) atoms. The summed E-state index contributed by atoms with van der Waals surface area (Å²) in [4.78, 5) is 38.9. The highest BCUT2D eigenvalue weighted by molar-refractivity contribution is 6.07. The largest absolute Gasteiger partial charge is 0.349 e. The molecule has 1 aliphatic carbocycles. The van der Waals surface area contributed by atoms with Crippen molar-refractivity contribution in [3.05, 3.63) is 59.9 Å². The molecule has 2 fully saturated rings. The summed E-state index contributed by atoms with van der Waals surface area (Å²) >= 11 is 0. The fourth-order valence-electron chi connectivity index (χ4n) is 3.27. The molecule has 2 aliphatic rings. The maximum Gasteiger partial charge on any atom is 0.253 e. The molecule has 1 saturated heterocycles. The van der Waals surface area contributed by atoms with Gasteiger partial charge in [0.05, 0.1) is 17.2 Å². The van der Waals surface area contributed by atoms with Gasteiger partial charge in [0.1, 0.15) is 5.82 Å². The van der Waals surface area contributed by atoms with Crippen molar-refractivity contribution in [3.8, 4) is 0 Å². The molecule has 2 aromatic rings. The molecule has 2 aromatic carbocycles. The Hall–Kier alpha value is -3.22. The van der Waals surface area contributed by atoms with E-state index in [1.165, 1.54) is 29.2 Å². The molecular formula is C21H20FN3O3. The second-order valence-corrected chi connectivity index (χ2v) is 7.16. The standard InChI is InChI=1S/C21H20FN3O3/c22-14-5-9-16(10-6-14)25-12-13(11-19(25)26)20(27)24-18-4-2-1-3-17(18)21(28)23-15-7-8-15/h1-6,9-10,13,15H,7-8,11-12H2,(H,23,28)(H,24,27)/t13-/m1/s1. The lowest BCUT2D eigenvalue weighted by Gasteiger charge is -2.17. The van der Waals surface area contributed by atoms with E-state index in [0.29, 0.717) is 16.9 Å². The van der Waals surface area contributed by atoms with Crippen LogP contribution in [0.4, 0.5) is 15.8 Å². The molecule has 0 unspecified atom stereocenters. The monoisotopic (exact) mass is 381 g/mol. The predicted octanol–water partition coefficient (Wildman–Crippen LogP) is 2.71. The second-order valence-electron chi connectivity index (χ2n) is 7.16. The van der Waals surface area contributed by atoms with Gasteiger partial charge in [0.25, 0.3) is 5.91 Å². The average molecular weight is 381 g/mol. The molecule has 1 aliphatic heterocycles. The van der Waals surface area contributed by atoms with Gasteiger partial charge in [-0.15, -0.1) is 0 Å². The van der Waals surface area contributed by atoms with Crippen molar-refractivity contribution in [1.82, 2.24) is 5.32 Å². The van der Waals surface area contributed by atoms with E-state index in [2.05, 4.69) is 10.6 Å². The van der Waals surface area contributed by atoms with Crippen LogP contribution >= 0.6 is 0 Å². The van der Waals surface area contributed by atoms with E-state index in [1.807, 2.05) is 0 Å². The molecule has 144 valence electrons. The minimum absolute atomic E-state index is 0.0691. The zero-order valence-electron chi connectivity index (χ0n) is 15.2. The SMILES string of the molecule is O=C(NC1CC1)c1ccccc1NC(=O)[C@@H]1CC(=O)N(c2ccc(F)cc2)C1. The number of nitrogens with zero attached hydrogens (tertiary/aromatic N) is 1. The number of para-hydroxylation sites is 1. The van der Waals surface area contributed by atoms with Gasteiger partial charge in [-0.2, -0.15) is 0 Å². The van der Waals surface area contributed by atoms with E-state index < -0.39 is 5.92 Å². The van der Waals surface area contributed by atoms with Crippen molar-refractivity contribution in [2.75, 3.05) is 16.8 Å². The number of halogens is 1. The summed E-state index contributed by atoms with van der Waals surface area (Å²) in [6.45, 7) is 0.215. The number of amides is 3. The third kappa shape index (κ3) is 3.88. The van der Waals surface area contributed by atoms with E-state index in [9.17, 15) is 18.8 Å². The number of carbonyl (C=O) groups excluding carboxylic acids is 3. The Morgan fingerprint density at radius 1 is 1.04 bits per heavy atom. The first-order valence-electron chi connectivity index (χ1n) is 9.28. The predicted molar refractivity (Wildman–Crippen MR) is 102 cm³/mol. The van der Waals surface area contributed by atoms with Crippen LogP contribution in [0.1, 0.15) is 29.6 Å². The van der Waals surface area contributed by atoms with Crippen LogP contribution in [0.2, 0.25) is 0 Å². The lowest BCUT2D eigenvalue weighted by atomic mass is 10.1. The van der Waals surface area contributed by atoms with Gasteiger partial charge < -0.3 is 15.5 Å². The van der Waals surface area contributed by atoms with Gasteiger partial charge in [-0.3, -0.25) is 14.4 Å². The third-order valence-electron chi connectivity index (χ3n) is 4.98. The van der Waals surface area contributed by atoms with E-state index in [-0.39, 0.29) is 42.5 Å². The molecule has 7 heteroatoms. The van der Waals surface area contributed by atoms with Crippen LogP contribution in [0, 0.1) is 11.7 Å². The van der Waals surface area contributed by atoms with E-state index >= 15 is 0 Å². The van der Waals surface area contributed by atoms with Crippen LogP contribution in [0.5, 0.6) is 0 Å². The number of anilines is 2. The third-order valence-corrected chi connectivity index (χ3v) is 4.98. The zero-order chi connectivity index (χ0) is 19.7. The van der Waals surface area contributed by atoms with Crippen molar-refractivity contribution < 1.29 is 18.8 Å². The minimum atomic E-state index is -0.544. The topological polar surface area (TPSA) is 78.5 Å². The molecule has 4 rings (SSSR count). The molecule has 0 spiro atoms. The summed E-state index contributed by atoms with van der Waals surface area (Å²) in [7, 11) is 0. The maximum atomic E-state index is 13.1. The fraction of sp³-hybridized carbons (Fsp3) is 0.286. The number of rotatable bonds is 5. The Bertz CT molecular complexity index is 925. The number of hydrogen-bond donors (Lipinski definition) is 2. The van der Waals surface area contributed by atoms with Crippen molar-refractivity contribution in [2.24, 2.45) is 5.92 Å². The number of hydrogen-bond acceptors (Lipinski definition) is 3. The Morgan fingerprint density at radius 2 is 1.75 bits per heavy atom. The summed E-state index contributed by atoms with van der Waals surface area (Å²) in [5, 5.41) is 5.70. The Morgan fingerprint density at radius 3 is 2.46 bits per heavy atom. The van der Waals surface area contributed by atoms with Crippen LogP contribution in [0.25, 0.3) is 0 Å². The van der Waals surface area contributed by atoms with Crippen molar-refractivity contribution in [2.45, 2.75) is 25.3 Å². The molecular weight excluding hydrogens is 361 g/mol. The molecule has 0 radical (unpaired) electrons. The van der Waals surface area contributed by atoms with Crippen LogP contribution < -0.4 is 15.5 Å². The fourth-order valence-corrected chi connectivity index (χ4v) is 3.27. The summed E-state index contributed by atoms with van der Waals surface area (Å²) < 4.78 is 13.1. The average Bonchev–Trinajstić information content (AvgIpc) is 3.41. The van der Waals surface area contributed by atoms with Crippen LogP contribution in [-0.2, 0) is 9.59 Å². The van der Waals surface area contributed by atoms with Crippen molar-refractivity contribution >= 4 is 29.1 Å². The van der Waals surface area contributed by atoms with Crippen molar-refractivity contribution in [3.63, 3.8) is 0 Å². The van der Waals surface area contributed by atoms with Gasteiger partial charge in [0, 0.05) is 24.7 Å². The Kier molecular flexibility index (Phi) is 4.81. The molecule has 0 bridgehead atoms. The molecule has 0 aromatic heterocycles. The number of benzene rings is 2. The van der Waals surface area contributed by atoms with Gasteiger partial charge in [0.2, 0.25) is 11.8 Å². The molecule has 1 heterocycles. The smallest absolute Gasteiger partial charge is 0.253 e. The van der Waals surface area contributed by atoms with Crippen LogP contribution in [-0.4, -0.2) is 30.3 Å². The van der Waals surface area contributed by atoms with E-state index in [1.54, 1.807) is 24.3 Å². The van der Waals surface area contributed by atoms with Crippen LogP contribution in [0.15, 0.2) is 48.5 Å². The lowest BCUT2D eigenvalue weighted by Crippen LogP contribution is -2.30. The molecule has 6 nitrogen and oxygen atoms in total. The zero-order valence-corrected chi connectivity index (χ0v) is 15.2. The summed E-state index contributed by atoms with van der Waals surface area (Å²) in [6, 6.07) is 12.6. The Labute approximate surface area is 161 Å². The van der Waals surface area contributed by atoms with Gasteiger partial charge in [-0.25, -0.2) is 4.39 Å². The van der Waals surface area contributed by atoms with Gasteiger partial charge in [-0.05, 0) is 49.2 Å². The molecule has 2 N–H and O–H groups in total. The van der Waals surface area contributed by atoms with Gasteiger partial charge in [0.15, 0.2) is 0 Å². The maximum absolute atomic E-state index is 13.1. The van der Waals surface area contributed by atoms with Gasteiger partial charge in [-0.1, -0.05) is 12.1 Å². The second kappa shape index (κ2) is 7.42. The number of nitrogens with one attached hydrogen (secondary N) is 2. The molecule has 1 saturated carbocycles. The first kappa shape index (κ1) is 18.2. The summed E-state index contributed by atoms with van der Waals surface area (Å²) in [5.41, 5.74) is 1.40. The van der Waals surface area contributed by atoms with Crippen LogP contribution in [0.3, 0.4) is 0 Å². The minimum Gasteiger partial charge on any atom is -0.349 e. The highest BCUT2D eigenvalue weighted by Crippen LogP contribution is 2.27. The number of carbonyl (C=O) groups is 3. The normalized spacial score (nSPS) is 18.8. The van der Waals surface area contributed by atoms with E-state index in [4.69, 9.17) is 0 Å². The van der Waals surface area contributed by atoms with Crippen molar-refractivity contribution in [1.29, 1.82) is 0 Å². The molecule has 3 amide bonds. The van der Waals surface area contributed by atoms with Gasteiger partial charge >= 0.3 is 0 Å². The Balaban J connectivity index is 1.45. The first-order chi connectivity index (χ1) is 13.5. The molecule has 1 atom stereocenters. The first-order valence-corrected chi connectivity index (χ1v) is 9.28. The highest BCUT2D eigenvalue weighted by atomic mass is 19.1. The lowest BCUT2D eigenvalue weighted by molar-refractivity contribution is -0.122.